The van der Waals surface area contributed by atoms with Gasteiger partial charge >= 0.3 is 0 Å². The predicted molar refractivity (Wildman–Crippen MR) is 92.3 cm³/mol. The molecule has 0 N–H and O–H groups in total. The van der Waals surface area contributed by atoms with Crippen LogP contribution in [-0.2, 0) is 15.3 Å². The van der Waals surface area contributed by atoms with Gasteiger partial charge in [-0.05, 0) is 13.1 Å². The largest absolute Gasteiger partial charge is 0.339 e. The standard InChI is InChI=1S/C20H25NO2/c1-3-21(4-2)15-19-16-22-20(23-19,17-11-7-5-8-12-17)18-13-9-6-10-14-18/h5-14,19H,3-4,15-16H2,1-2H3. The first-order chi connectivity index (χ1) is 11.3. The third-order valence-electron chi connectivity index (χ3n) is 4.47. The number of likely N-dealkylation sites (N-methyl/N-ethyl adjacent to an activating group) is 1. The molecule has 2 aromatic rings. The van der Waals surface area contributed by atoms with Crippen LogP contribution in [-0.4, -0.2) is 37.2 Å². The van der Waals surface area contributed by atoms with Gasteiger partial charge in [-0.15, -0.1) is 0 Å². The van der Waals surface area contributed by atoms with E-state index in [1.54, 1.807) is 0 Å². The molecule has 3 heteroatoms. The van der Waals surface area contributed by atoms with E-state index in [9.17, 15) is 0 Å². The highest BCUT2D eigenvalue weighted by molar-refractivity contribution is 5.34. The molecule has 122 valence electrons. The van der Waals surface area contributed by atoms with Gasteiger partial charge in [0.25, 0.3) is 0 Å². The minimum atomic E-state index is -0.791. The second-order valence-electron chi connectivity index (χ2n) is 5.89. The Balaban J connectivity index is 1.90. The highest BCUT2D eigenvalue weighted by Crippen LogP contribution is 2.40. The van der Waals surface area contributed by atoms with Crippen molar-refractivity contribution in [3.63, 3.8) is 0 Å². The van der Waals surface area contributed by atoms with E-state index in [0.717, 1.165) is 30.8 Å². The van der Waals surface area contributed by atoms with Gasteiger partial charge in [0.1, 0.15) is 0 Å². The molecule has 2 aromatic carbocycles. The molecule has 0 saturated carbocycles. The van der Waals surface area contributed by atoms with Crippen molar-refractivity contribution in [1.82, 2.24) is 4.90 Å². The third kappa shape index (κ3) is 3.32. The van der Waals surface area contributed by atoms with Crippen molar-refractivity contribution in [3.05, 3.63) is 71.8 Å². The summed E-state index contributed by atoms with van der Waals surface area (Å²) in [5.41, 5.74) is 2.10. The fraction of sp³-hybridized carbons (Fsp3) is 0.400. The first-order valence-corrected chi connectivity index (χ1v) is 8.43. The van der Waals surface area contributed by atoms with Gasteiger partial charge in [-0.2, -0.15) is 0 Å². The SMILES string of the molecule is CCN(CC)CC1COC(c2ccccc2)(c2ccccc2)O1. The highest BCUT2D eigenvalue weighted by Gasteiger charge is 2.44. The van der Waals surface area contributed by atoms with Gasteiger partial charge in [-0.3, -0.25) is 0 Å². The highest BCUT2D eigenvalue weighted by atomic mass is 16.7. The van der Waals surface area contributed by atoms with Gasteiger partial charge in [0, 0.05) is 17.7 Å². The Morgan fingerprint density at radius 3 is 1.91 bits per heavy atom. The van der Waals surface area contributed by atoms with Crippen LogP contribution in [0.15, 0.2) is 60.7 Å². The second kappa shape index (κ2) is 7.26. The van der Waals surface area contributed by atoms with E-state index >= 15 is 0 Å². The molecule has 0 aromatic heterocycles. The summed E-state index contributed by atoms with van der Waals surface area (Å²) in [5, 5.41) is 0. The summed E-state index contributed by atoms with van der Waals surface area (Å²) in [5.74, 6) is -0.791. The van der Waals surface area contributed by atoms with E-state index in [4.69, 9.17) is 9.47 Å². The molecule has 0 amide bonds. The molecule has 1 heterocycles. The molecule has 0 aliphatic carbocycles. The van der Waals surface area contributed by atoms with E-state index in [1.165, 1.54) is 0 Å². The van der Waals surface area contributed by atoms with Gasteiger partial charge < -0.3 is 14.4 Å². The Bertz CT molecular complexity index is 556. The van der Waals surface area contributed by atoms with Gasteiger partial charge in [0.15, 0.2) is 0 Å². The number of ether oxygens (including phenoxy) is 2. The zero-order valence-corrected chi connectivity index (χ0v) is 13.9. The van der Waals surface area contributed by atoms with Crippen molar-refractivity contribution in [1.29, 1.82) is 0 Å². The molecule has 1 unspecified atom stereocenters. The van der Waals surface area contributed by atoms with Gasteiger partial charge in [0.05, 0.1) is 12.7 Å². The molecule has 0 radical (unpaired) electrons. The molecular formula is C20H25NO2. The fourth-order valence-corrected chi connectivity index (χ4v) is 3.16. The predicted octanol–water partition coefficient (Wildman–Crippen LogP) is 3.64. The lowest BCUT2D eigenvalue weighted by Crippen LogP contribution is -2.35. The van der Waals surface area contributed by atoms with Crippen molar-refractivity contribution < 1.29 is 9.47 Å². The topological polar surface area (TPSA) is 21.7 Å². The molecule has 3 rings (SSSR count). The third-order valence-corrected chi connectivity index (χ3v) is 4.47. The Hall–Kier alpha value is -1.68. The Morgan fingerprint density at radius 1 is 0.913 bits per heavy atom. The summed E-state index contributed by atoms with van der Waals surface area (Å²) in [4.78, 5) is 2.38. The van der Waals surface area contributed by atoms with Crippen LogP contribution in [0.5, 0.6) is 0 Å². The van der Waals surface area contributed by atoms with E-state index in [1.807, 2.05) is 36.4 Å². The average Bonchev–Trinajstić information content (AvgIpc) is 3.06. The van der Waals surface area contributed by atoms with Crippen LogP contribution in [0.1, 0.15) is 25.0 Å². The van der Waals surface area contributed by atoms with Crippen LogP contribution < -0.4 is 0 Å². The van der Waals surface area contributed by atoms with Crippen molar-refractivity contribution in [2.75, 3.05) is 26.2 Å². The van der Waals surface area contributed by atoms with Crippen LogP contribution in [0.25, 0.3) is 0 Å². The van der Waals surface area contributed by atoms with E-state index in [0.29, 0.717) is 6.61 Å². The lowest BCUT2D eigenvalue weighted by molar-refractivity contribution is -0.144. The van der Waals surface area contributed by atoms with Crippen molar-refractivity contribution in [2.45, 2.75) is 25.7 Å². The number of benzene rings is 2. The van der Waals surface area contributed by atoms with Gasteiger partial charge in [-0.1, -0.05) is 74.5 Å². The molecule has 0 bridgehead atoms. The van der Waals surface area contributed by atoms with Crippen LogP contribution in [0.4, 0.5) is 0 Å². The zero-order valence-electron chi connectivity index (χ0n) is 13.9. The molecule has 0 spiro atoms. The van der Waals surface area contributed by atoms with Crippen LogP contribution in [0, 0.1) is 0 Å². The molecule has 1 aliphatic heterocycles. The lowest BCUT2D eigenvalue weighted by Gasteiger charge is -2.30. The summed E-state index contributed by atoms with van der Waals surface area (Å²) in [7, 11) is 0. The molecular weight excluding hydrogens is 286 g/mol. The van der Waals surface area contributed by atoms with Crippen molar-refractivity contribution >= 4 is 0 Å². The number of hydrogen-bond acceptors (Lipinski definition) is 3. The smallest absolute Gasteiger partial charge is 0.222 e. The summed E-state index contributed by atoms with van der Waals surface area (Å²) in [6.45, 7) is 7.93. The minimum absolute atomic E-state index is 0.0790. The quantitative estimate of drug-likeness (QED) is 0.813. The Morgan fingerprint density at radius 2 is 1.43 bits per heavy atom. The molecule has 3 nitrogen and oxygen atoms in total. The Kier molecular flexibility index (Phi) is 5.11. The maximum atomic E-state index is 6.49. The normalized spacial score (nSPS) is 20.0. The van der Waals surface area contributed by atoms with Crippen molar-refractivity contribution in [2.24, 2.45) is 0 Å². The number of hydrogen-bond donors (Lipinski definition) is 0. The van der Waals surface area contributed by atoms with Crippen LogP contribution in [0.3, 0.4) is 0 Å². The Labute approximate surface area is 138 Å². The van der Waals surface area contributed by atoms with Crippen LogP contribution >= 0.6 is 0 Å². The van der Waals surface area contributed by atoms with E-state index in [2.05, 4.69) is 43.0 Å². The average molecular weight is 311 g/mol. The maximum absolute atomic E-state index is 6.49. The monoisotopic (exact) mass is 311 g/mol. The lowest BCUT2D eigenvalue weighted by atomic mass is 9.97. The number of rotatable bonds is 6. The summed E-state index contributed by atoms with van der Waals surface area (Å²) >= 11 is 0. The molecule has 1 atom stereocenters. The maximum Gasteiger partial charge on any atom is 0.222 e. The number of nitrogens with zero attached hydrogens (tertiary/aromatic N) is 1. The minimum Gasteiger partial charge on any atom is -0.339 e. The first-order valence-electron chi connectivity index (χ1n) is 8.43. The van der Waals surface area contributed by atoms with Crippen LogP contribution in [0.2, 0.25) is 0 Å². The van der Waals surface area contributed by atoms with E-state index in [-0.39, 0.29) is 6.10 Å². The fourth-order valence-electron chi connectivity index (χ4n) is 3.16. The molecule has 1 aliphatic rings. The molecule has 23 heavy (non-hydrogen) atoms. The molecule has 1 saturated heterocycles. The van der Waals surface area contributed by atoms with E-state index < -0.39 is 5.79 Å². The summed E-state index contributed by atoms with van der Waals surface area (Å²) < 4.78 is 12.8. The summed E-state index contributed by atoms with van der Waals surface area (Å²) in [6.07, 6.45) is 0.0790. The zero-order chi connectivity index (χ0) is 16.1. The van der Waals surface area contributed by atoms with Gasteiger partial charge in [-0.25, -0.2) is 0 Å². The van der Waals surface area contributed by atoms with Crippen molar-refractivity contribution in [3.8, 4) is 0 Å². The first kappa shape index (κ1) is 16.2. The van der Waals surface area contributed by atoms with Gasteiger partial charge in [0.2, 0.25) is 5.79 Å². The molecule has 1 fully saturated rings. The summed E-state index contributed by atoms with van der Waals surface area (Å²) in [6, 6.07) is 20.5. The second-order valence-corrected chi connectivity index (χ2v) is 5.89.